The summed E-state index contributed by atoms with van der Waals surface area (Å²) in [6.07, 6.45) is 1.48. The Hall–Kier alpha value is -2.27. The van der Waals surface area contributed by atoms with E-state index in [9.17, 15) is 4.79 Å². The highest BCUT2D eigenvalue weighted by Crippen LogP contribution is 2.19. The van der Waals surface area contributed by atoms with E-state index in [1.807, 2.05) is 24.3 Å². The molecular formula is C15H16ClN3O2. The molecule has 2 N–H and O–H groups in total. The molecule has 0 aliphatic heterocycles. The number of carbonyl (C=O) groups excluding carboxylic acids is 1. The van der Waals surface area contributed by atoms with E-state index in [1.54, 1.807) is 20.2 Å². The molecule has 1 aromatic carbocycles. The summed E-state index contributed by atoms with van der Waals surface area (Å²) in [7, 11) is 3.32. The number of hydrogen-bond acceptors (Lipinski definition) is 4. The van der Waals surface area contributed by atoms with Crippen molar-refractivity contribution in [2.75, 3.05) is 19.5 Å². The van der Waals surface area contributed by atoms with Crippen molar-refractivity contribution in [2.24, 2.45) is 0 Å². The van der Waals surface area contributed by atoms with Crippen LogP contribution in [0.5, 0.6) is 5.75 Å². The van der Waals surface area contributed by atoms with E-state index >= 15 is 0 Å². The fraction of sp³-hybridized carbons (Fsp3) is 0.200. The van der Waals surface area contributed by atoms with Gasteiger partial charge in [-0.3, -0.25) is 4.79 Å². The number of methoxy groups -OCH3 is 1. The number of amides is 1. The van der Waals surface area contributed by atoms with Crippen LogP contribution in [0, 0.1) is 0 Å². The van der Waals surface area contributed by atoms with Crippen molar-refractivity contribution < 1.29 is 9.53 Å². The molecule has 1 amide bonds. The molecule has 2 aromatic rings. The Morgan fingerprint density at radius 3 is 2.86 bits per heavy atom. The zero-order chi connectivity index (χ0) is 15.2. The summed E-state index contributed by atoms with van der Waals surface area (Å²) >= 11 is 6.01. The molecule has 110 valence electrons. The first-order valence-corrected chi connectivity index (χ1v) is 6.76. The average Bonchev–Trinajstić information content (AvgIpc) is 2.52. The average molecular weight is 306 g/mol. The second kappa shape index (κ2) is 6.95. The molecule has 21 heavy (non-hydrogen) atoms. The third-order valence-electron chi connectivity index (χ3n) is 2.93. The maximum Gasteiger partial charge on any atom is 0.253 e. The van der Waals surface area contributed by atoms with Crippen molar-refractivity contribution in [3.05, 3.63) is 52.7 Å². The molecule has 0 radical (unpaired) electrons. The van der Waals surface area contributed by atoms with E-state index in [0.717, 1.165) is 11.3 Å². The number of nitrogens with one attached hydrogen (secondary N) is 2. The number of rotatable bonds is 5. The Morgan fingerprint density at radius 2 is 2.19 bits per heavy atom. The van der Waals surface area contributed by atoms with Crippen LogP contribution in [0.2, 0.25) is 5.02 Å². The first-order chi connectivity index (χ1) is 10.1. The standard InChI is InChI=1S/C15H16ClN3O2/c1-17-14-13(16)7-11(9-18-14)15(20)19-8-10-4-3-5-12(6-10)21-2/h3-7,9H,8H2,1-2H3,(H,17,18)(H,19,20). The molecule has 5 nitrogen and oxygen atoms in total. The molecule has 0 bridgehead atoms. The quantitative estimate of drug-likeness (QED) is 0.891. The molecule has 0 atom stereocenters. The Kier molecular flexibility index (Phi) is 5.00. The van der Waals surface area contributed by atoms with Crippen LogP contribution in [-0.2, 0) is 6.54 Å². The van der Waals surface area contributed by atoms with Crippen LogP contribution in [0.25, 0.3) is 0 Å². The fourth-order valence-corrected chi connectivity index (χ4v) is 2.07. The molecule has 0 unspecified atom stereocenters. The summed E-state index contributed by atoms with van der Waals surface area (Å²) < 4.78 is 5.14. The van der Waals surface area contributed by atoms with E-state index in [-0.39, 0.29) is 5.91 Å². The van der Waals surface area contributed by atoms with Gasteiger partial charge in [0.2, 0.25) is 0 Å². The topological polar surface area (TPSA) is 63.2 Å². The summed E-state index contributed by atoms with van der Waals surface area (Å²) in [5, 5.41) is 6.07. The number of anilines is 1. The second-order valence-corrected chi connectivity index (χ2v) is 4.75. The number of pyridine rings is 1. The van der Waals surface area contributed by atoms with Gasteiger partial charge in [-0.2, -0.15) is 0 Å². The maximum absolute atomic E-state index is 12.1. The van der Waals surface area contributed by atoms with Crippen LogP contribution < -0.4 is 15.4 Å². The fourth-order valence-electron chi connectivity index (χ4n) is 1.81. The van der Waals surface area contributed by atoms with Gasteiger partial charge in [0.05, 0.1) is 17.7 Å². The first kappa shape index (κ1) is 15.1. The Bertz CT molecular complexity index is 647. The number of aromatic nitrogens is 1. The van der Waals surface area contributed by atoms with Crippen LogP contribution in [0.4, 0.5) is 5.82 Å². The highest BCUT2D eigenvalue weighted by molar-refractivity contribution is 6.33. The predicted octanol–water partition coefficient (Wildman–Crippen LogP) is 2.72. The van der Waals surface area contributed by atoms with E-state index in [1.165, 1.54) is 6.20 Å². The summed E-state index contributed by atoms with van der Waals surface area (Å²) in [4.78, 5) is 16.1. The monoisotopic (exact) mass is 305 g/mol. The largest absolute Gasteiger partial charge is 0.497 e. The van der Waals surface area contributed by atoms with Crippen LogP contribution in [0.3, 0.4) is 0 Å². The third kappa shape index (κ3) is 3.86. The number of hydrogen-bond donors (Lipinski definition) is 2. The van der Waals surface area contributed by atoms with Crippen molar-refractivity contribution >= 4 is 23.3 Å². The van der Waals surface area contributed by atoms with Crippen molar-refractivity contribution in [1.82, 2.24) is 10.3 Å². The molecule has 0 spiro atoms. The minimum absolute atomic E-state index is 0.227. The molecule has 0 saturated heterocycles. The van der Waals surface area contributed by atoms with Crippen LogP contribution in [-0.4, -0.2) is 25.0 Å². The molecule has 1 heterocycles. The molecule has 2 rings (SSSR count). The summed E-state index contributed by atoms with van der Waals surface area (Å²) in [6, 6.07) is 9.10. The summed E-state index contributed by atoms with van der Waals surface area (Å²) in [5.41, 5.74) is 1.37. The van der Waals surface area contributed by atoms with Gasteiger partial charge in [0.15, 0.2) is 0 Å². The van der Waals surface area contributed by atoms with Gasteiger partial charge in [-0.25, -0.2) is 4.98 Å². The zero-order valence-corrected chi connectivity index (χ0v) is 12.6. The zero-order valence-electron chi connectivity index (χ0n) is 11.8. The van der Waals surface area contributed by atoms with Gasteiger partial charge in [0, 0.05) is 19.8 Å². The molecule has 0 aliphatic rings. The predicted molar refractivity (Wildman–Crippen MR) is 83.0 cm³/mol. The Morgan fingerprint density at radius 1 is 1.38 bits per heavy atom. The van der Waals surface area contributed by atoms with Crippen molar-refractivity contribution in [3.8, 4) is 5.75 Å². The van der Waals surface area contributed by atoms with Crippen molar-refractivity contribution in [1.29, 1.82) is 0 Å². The van der Waals surface area contributed by atoms with Crippen LogP contribution in [0.15, 0.2) is 36.5 Å². The summed E-state index contributed by atoms with van der Waals surface area (Å²) in [5.74, 6) is 1.07. The van der Waals surface area contributed by atoms with E-state index < -0.39 is 0 Å². The van der Waals surface area contributed by atoms with E-state index in [4.69, 9.17) is 16.3 Å². The lowest BCUT2D eigenvalue weighted by atomic mass is 10.2. The minimum Gasteiger partial charge on any atom is -0.497 e. The third-order valence-corrected chi connectivity index (χ3v) is 3.22. The minimum atomic E-state index is -0.227. The Balaban J connectivity index is 2.02. The van der Waals surface area contributed by atoms with Gasteiger partial charge in [0.25, 0.3) is 5.91 Å². The molecular weight excluding hydrogens is 290 g/mol. The number of ether oxygens (including phenoxy) is 1. The normalized spacial score (nSPS) is 10.0. The molecule has 0 aliphatic carbocycles. The van der Waals surface area contributed by atoms with Crippen molar-refractivity contribution in [2.45, 2.75) is 6.54 Å². The smallest absolute Gasteiger partial charge is 0.253 e. The van der Waals surface area contributed by atoms with Gasteiger partial charge in [-0.15, -0.1) is 0 Å². The van der Waals surface area contributed by atoms with E-state index in [0.29, 0.717) is 22.9 Å². The summed E-state index contributed by atoms with van der Waals surface area (Å²) in [6.45, 7) is 0.404. The highest BCUT2D eigenvalue weighted by atomic mass is 35.5. The van der Waals surface area contributed by atoms with Crippen LogP contribution in [0.1, 0.15) is 15.9 Å². The van der Waals surface area contributed by atoms with E-state index in [2.05, 4.69) is 15.6 Å². The highest BCUT2D eigenvalue weighted by Gasteiger charge is 2.09. The lowest BCUT2D eigenvalue weighted by molar-refractivity contribution is 0.0950. The van der Waals surface area contributed by atoms with Crippen LogP contribution >= 0.6 is 11.6 Å². The molecule has 6 heteroatoms. The Labute approximate surface area is 128 Å². The molecule has 0 fully saturated rings. The second-order valence-electron chi connectivity index (χ2n) is 4.34. The number of nitrogens with zero attached hydrogens (tertiary/aromatic N) is 1. The number of carbonyl (C=O) groups is 1. The van der Waals surface area contributed by atoms with Crippen molar-refractivity contribution in [3.63, 3.8) is 0 Å². The first-order valence-electron chi connectivity index (χ1n) is 6.38. The molecule has 0 saturated carbocycles. The van der Waals surface area contributed by atoms with Gasteiger partial charge in [0.1, 0.15) is 11.6 Å². The maximum atomic E-state index is 12.1. The van der Waals surface area contributed by atoms with Gasteiger partial charge in [-0.05, 0) is 23.8 Å². The number of benzene rings is 1. The van der Waals surface area contributed by atoms with Gasteiger partial charge < -0.3 is 15.4 Å². The lowest BCUT2D eigenvalue weighted by Gasteiger charge is -2.08. The van der Waals surface area contributed by atoms with Gasteiger partial charge >= 0.3 is 0 Å². The lowest BCUT2D eigenvalue weighted by Crippen LogP contribution is -2.23. The van der Waals surface area contributed by atoms with Gasteiger partial charge in [-0.1, -0.05) is 23.7 Å². The molecule has 1 aromatic heterocycles. The SMILES string of the molecule is CNc1ncc(C(=O)NCc2cccc(OC)c2)cc1Cl. The number of halogens is 1.